The predicted molar refractivity (Wildman–Crippen MR) is 108 cm³/mol. The predicted octanol–water partition coefficient (Wildman–Crippen LogP) is 3.34. The summed E-state index contributed by atoms with van der Waals surface area (Å²) in [5.74, 6) is 0.719. The summed E-state index contributed by atoms with van der Waals surface area (Å²) in [7, 11) is -1.27. The molecule has 0 aliphatic carbocycles. The van der Waals surface area contributed by atoms with E-state index in [9.17, 15) is 9.00 Å². The number of fused-ring (bicyclic) bond motifs is 1. The van der Waals surface area contributed by atoms with Crippen molar-refractivity contribution >= 4 is 17.1 Å². The number of pyridine rings is 1. The molecule has 1 amide bonds. The second-order valence-electron chi connectivity index (χ2n) is 9.45. The summed E-state index contributed by atoms with van der Waals surface area (Å²) in [5.41, 5.74) is -0.314. The molecule has 3 heterocycles. The van der Waals surface area contributed by atoms with Gasteiger partial charge in [-0.1, -0.05) is 0 Å². The molecule has 28 heavy (non-hydrogen) atoms. The molecule has 1 spiro atoms. The number of hydrogen-bond donors (Lipinski definition) is 1. The van der Waals surface area contributed by atoms with E-state index in [-0.39, 0.29) is 12.1 Å². The molecule has 1 saturated heterocycles. The number of carbonyl (C=O) groups excluding carboxylic acids is 1. The average Bonchev–Trinajstić information content (AvgIpc) is 2.86. The summed E-state index contributed by atoms with van der Waals surface area (Å²) in [5, 5.41) is 0. The lowest BCUT2D eigenvalue weighted by Crippen LogP contribution is -2.55. The molecule has 0 radical (unpaired) electrons. The van der Waals surface area contributed by atoms with Crippen LogP contribution in [0.4, 0.5) is 4.79 Å². The molecule has 0 saturated carbocycles. The Kier molecular flexibility index (Phi) is 5.49. The standard InChI is InChI=1S/C20H31N3O4S/c1-18(2,3)27-17(24)23-12-9-20(10-13-23)16(22-28(25)19(4,5)6)15-14(26-20)8-7-11-21-15/h7-8,11,16,22H,9-10,12-13H2,1-6H3/t16-,28?/m1/s1. The van der Waals surface area contributed by atoms with Crippen molar-refractivity contribution in [3.8, 4) is 5.75 Å². The van der Waals surface area contributed by atoms with E-state index in [1.807, 2.05) is 53.7 Å². The molecule has 1 aromatic rings. The topological polar surface area (TPSA) is 80.8 Å². The molecule has 0 bridgehead atoms. The van der Waals surface area contributed by atoms with Crippen molar-refractivity contribution in [2.45, 2.75) is 76.4 Å². The lowest BCUT2D eigenvalue weighted by atomic mass is 9.84. The van der Waals surface area contributed by atoms with Gasteiger partial charge in [-0.05, 0) is 53.7 Å². The number of piperidine rings is 1. The van der Waals surface area contributed by atoms with Crippen molar-refractivity contribution in [3.63, 3.8) is 0 Å². The van der Waals surface area contributed by atoms with Gasteiger partial charge >= 0.3 is 6.09 Å². The summed E-state index contributed by atoms with van der Waals surface area (Å²) < 4.78 is 27.5. The van der Waals surface area contributed by atoms with Crippen molar-refractivity contribution in [2.24, 2.45) is 0 Å². The second-order valence-corrected chi connectivity index (χ2v) is 11.5. The van der Waals surface area contributed by atoms with Crippen LogP contribution < -0.4 is 9.46 Å². The van der Waals surface area contributed by atoms with Gasteiger partial charge in [-0.2, -0.15) is 0 Å². The highest BCUT2D eigenvalue weighted by Gasteiger charge is 2.52. The molecule has 0 aromatic carbocycles. The highest BCUT2D eigenvalue weighted by Crippen LogP contribution is 2.47. The molecule has 3 rings (SSSR count). The Hall–Kier alpha value is -1.67. The Bertz CT molecular complexity index is 761. The van der Waals surface area contributed by atoms with Gasteiger partial charge in [0.15, 0.2) is 0 Å². The molecule has 1 fully saturated rings. The zero-order valence-corrected chi connectivity index (χ0v) is 18.4. The molecule has 8 heteroatoms. The van der Waals surface area contributed by atoms with Crippen LogP contribution in [0.15, 0.2) is 18.3 Å². The number of nitrogens with one attached hydrogen (secondary N) is 1. The molecular formula is C20H31N3O4S. The first kappa shape index (κ1) is 21.0. The maximum absolute atomic E-state index is 12.8. The summed E-state index contributed by atoms with van der Waals surface area (Å²) >= 11 is 0. The molecule has 1 aromatic heterocycles. The zero-order chi connectivity index (χ0) is 20.7. The third kappa shape index (κ3) is 4.33. The molecule has 7 nitrogen and oxygen atoms in total. The minimum atomic E-state index is -1.27. The van der Waals surface area contributed by atoms with Crippen molar-refractivity contribution < 1.29 is 18.5 Å². The highest BCUT2D eigenvalue weighted by atomic mass is 32.2. The Balaban J connectivity index is 1.79. The van der Waals surface area contributed by atoms with Crippen LogP contribution in [0.2, 0.25) is 0 Å². The van der Waals surface area contributed by atoms with E-state index in [0.717, 1.165) is 11.4 Å². The summed E-state index contributed by atoms with van der Waals surface area (Å²) in [6.07, 6.45) is 2.65. The fourth-order valence-electron chi connectivity index (χ4n) is 3.46. The van der Waals surface area contributed by atoms with E-state index in [4.69, 9.17) is 9.47 Å². The van der Waals surface area contributed by atoms with Crippen LogP contribution in [0, 0.1) is 0 Å². The maximum Gasteiger partial charge on any atom is 0.410 e. The van der Waals surface area contributed by atoms with Gasteiger partial charge in [0.2, 0.25) is 0 Å². The first-order valence-corrected chi connectivity index (χ1v) is 10.9. The normalized spacial score (nSPS) is 22.5. The Morgan fingerprint density at radius 2 is 1.93 bits per heavy atom. The van der Waals surface area contributed by atoms with Crippen molar-refractivity contribution in [2.75, 3.05) is 13.1 Å². The molecular weight excluding hydrogens is 378 g/mol. The lowest BCUT2D eigenvalue weighted by Gasteiger charge is -2.42. The number of carbonyl (C=O) groups is 1. The van der Waals surface area contributed by atoms with Crippen LogP contribution in [0.25, 0.3) is 0 Å². The van der Waals surface area contributed by atoms with Crippen LogP contribution in [-0.4, -0.2) is 49.2 Å². The van der Waals surface area contributed by atoms with Crippen LogP contribution in [-0.2, 0) is 15.7 Å². The fourth-order valence-corrected chi connectivity index (χ4v) is 4.36. The van der Waals surface area contributed by atoms with Crippen molar-refractivity contribution in [3.05, 3.63) is 24.0 Å². The fraction of sp³-hybridized carbons (Fsp3) is 0.700. The minimum Gasteiger partial charge on any atom is -0.483 e. The summed E-state index contributed by atoms with van der Waals surface area (Å²) in [6.45, 7) is 12.4. The smallest absolute Gasteiger partial charge is 0.410 e. The number of amides is 1. The number of likely N-dealkylation sites (tertiary alicyclic amines) is 1. The van der Waals surface area contributed by atoms with Crippen LogP contribution in [0.1, 0.15) is 66.1 Å². The van der Waals surface area contributed by atoms with Gasteiger partial charge in [-0.15, -0.1) is 0 Å². The average molecular weight is 410 g/mol. The summed E-state index contributed by atoms with van der Waals surface area (Å²) in [4.78, 5) is 18.6. The van der Waals surface area contributed by atoms with E-state index < -0.39 is 26.9 Å². The summed E-state index contributed by atoms with van der Waals surface area (Å²) in [6, 6.07) is 3.45. The van der Waals surface area contributed by atoms with Gasteiger partial charge in [0.25, 0.3) is 0 Å². The van der Waals surface area contributed by atoms with Gasteiger partial charge in [0.05, 0.1) is 15.7 Å². The molecule has 2 atom stereocenters. The second kappa shape index (κ2) is 7.30. The molecule has 2 aliphatic rings. The minimum absolute atomic E-state index is 0.287. The van der Waals surface area contributed by atoms with E-state index >= 15 is 0 Å². The van der Waals surface area contributed by atoms with Crippen LogP contribution >= 0.6 is 0 Å². The van der Waals surface area contributed by atoms with Crippen molar-refractivity contribution in [1.29, 1.82) is 0 Å². The number of ether oxygens (including phenoxy) is 2. The van der Waals surface area contributed by atoms with E-state index in [0.29, 0.717) is 25.9 Å². The first-order valence-electron chi connectivity index (χ1n) is 9.71. The largest absolute Gasteiger partial charge is 0.483 e. The molecule has 1 unspecified atom stereocenters. The third-order valence-corrected chi connectivity index (χ3v) is 6.52. The van der Waals surface area contributed by atoms with Crippen LogP contribution in [0.5, 0.6) is 5.75 Å². The number of hydrogen-bond acceptors (Lipinski definition) is 5. The zero-order valence-electron chi connectivity index (χ0n) is 17.6. The first-order chi connectivity index (χ1) is 12.9. The van der Waals surface area contributed by atoms with E-state index in [1.54, 1.807) is 11.1 Å². The highest BCUT2D eigenvalue weighted by molar-refractivity contribution is 7.84. The Morgan fingerprint density at radius 1 is 1.29 bits per heavy atom. The van der Waals surface area contributed by atoms with Gasteiger partial charge in [-0.25, -0.2) is 13.7 Å². The number of aromatic nitrogens is 1. The van der Waals surface area contributed by atoms with Gasteiger partial charge in [0, 0.05) is 32.1 Å². The van der Waals surface area contributed by atoms with E-state index in [2.05, 4.69) is 9.71 Å². The maximum atomic E-state index is 12.8. The Labute approximate surface area is 169 Å². The Morgan fingerprint density at radius 3 is 2.50 bits per heavy atom. The van der Waals surface area contributed by atoms with Crippen LogP contribution in [0.3, 0.4) is 0 Å². The van der Waals surface area contributed by atoms with E-state index in [1.165, 1.54) is 0 Å². The number of nitrogens with zero attached hydrogens (tertiary/aromatic N) is 2. The quantitative estimate of drug-likeness (QED) is 0.810. The van der Waals surface area contributed by atoms with Gasteiger partial charge < -0.3 is 14.4 Å². The third-order valence-electron chi connectivity index (χ3n) is 4.96. The molecule has 156 valence electrons. The monoisotopic (exact) mass is 409 g/mol. The number of rotatable bonds is 2. The van der Waals surface area contributed by atoms with Gasteiger partial charge in [0.1, 0.15) is 28.7 Å². The van der Waals surface area contributed by atoms with Gasteiger partial charge in [-0.3, -0.25) is 4.98 Å². The SMILES string of the molecule is CC(C)(C)OC(=O)N1CCC2(CC1)Oc1cccnc1[C@H]2NS(=O)C(C)(C)C. The lowest BCUT2D eigenvalue weighted by molar-refractivity contribution is -0.0204. The molecule has 2 aliphatic heterocycles. The van der Waals surface area contributed by atoms with Crippen molar-refractivity contribution in [1.82, 2.24) is 14.6 Å². The molecule has 1 N–H and O–H groups in total.